The second-order valence-corrected chi connectivity index (χ2v) is 5.13. The molecule has 0 saturated carbocycles. The van der Waals surface area contributed by atoms with Crippen molar-refractivity contribution in [2.45, 2.75) is 18.9 Å². The SMILES string of the molecule is COc1cc(C(=O)N2CCC[C@@H](N)C2)c([N+](=O)[O-])cc1OC. The van der Waals surface area contributed by atoms with Crippen LogP contribution in [0.5, 0.6) is 11.5 Å². The first-order valence-electron chi connectivity index (χ1n) is 6.93. The molecule has 0 spiro atoms. The van der Waals surface area contributed by atoms with Crippen molar-refractivity contribution in [3.05, 3.63) is 27.8 Å². The average molecular weight is 309 g/mol. The van der Waals surface area contributed by atoms with E-state index in [1.54, 1.807) is 4.90 Å². The van der Waals surface area contributed by atoms with Crippen LogP contribution < -0.4 is 15.2 Å². The Balaban J connectivity index is 2.43. The lowest BCUT2D eigenvalue weighted by molar-refractivity contribution is -0.385. The van der Waals surface area contributed by atoms with Gasteiger partial charge in [0.25, 0.3) is 11.6 Å². The normalized spacial score (nSPS) is 18.0. The molecule has 1 aromatic rings. The Morgan fingerprint density at radius 1 is 1.36 bits per heavy atom. The third-order valence-corrected chi connectivity index (χ3v) is 3.67. The fraction of sp³-hybridized carbons (Fsp3) is 0.500. The van der Waals surface area contributed by atoms with Crippen LogP contribution in [0.15, 0.2) is 12.1 Å². The van der Waals surface area contributed by atoms with Crippen molar-refractivity contribution in [2.24, 2.45) is 5.73 Å². The number of carbonyl (C=O) groups is 1. The summed E-state index contributed by atoms with van der Waals surface area (Å²) in [7, 11) is 2.79. The number of carbonyl (C=O) groups excluding carboxylic acids is 1. The van der Waals surface area contributed by atoms with Gasteiger partial charge in [-0.15, -0.1) is 0 Å². The lowest BCUT2D eigenvalue weighted by Gasteiger charge is -2.30. The zero-order chi connectivity index (χ0) is 16.3. The highest BCUT2D eigenvalue weighted by molar-refractivity contribution is 5.99. The second-order valence-electron chi connectivity index (χ2n) is 5.13. The van der Waals surface area contributed by atoms with E-state index >= 15 is 0 Å². The smallest absolute Gasteiger partial charge is 0.286 e. The summed E-state index contributed by atoms with van der Waals surface area (Å²) in [6.07, 6.45) is 1.63. The van der Waals surface area contributed by atoms with E-state index in [4.69, 9.17) is 15.2 Å². The van der Waals surface area contributed by atoms with E-state index in [2.05, 4.69) is 0 Å². The van der Waals surface area contributed by atoms with Crippen LogP contribution >= 0.6 is 0 Å². The molecule has 1 aliphatic heterocycles. The summed E-state index contributed by atoms with van der Waals surface area (Å²) >= 11 is 0. The minimum absolute atomic E-state index is 0.0169. The number of nitrogens with two attached hydrogens (primary N) is 1. The molecule has 1 amide bonds. The highest BCUT2D eigenvalue weighted by Crippen LogP contribution is 2.35. The van der Waals surface area contributed by atoms with Gasteiger partial charge in [0.2, 0.25) is 0 Å². The Kier molecular flexibility index (Phi) is 4.81. The Bertz CT molecular complexity index is 590. The van der Waals surface area contributed by atoms with Gasteiger partial charge in [-0.2, -0.15) is 0 Å². The first-order valence-corrected chi connectivity index (χ1v) is 6.93. The molecule has 0 aliphatic carbocycles. The number of rotatable bonds is 4. The largest absolute Gasteiger partial charge is 0.493 e. The van der Waals surface area contributed by atoms with Gasteiger partial charge in [-0.05, 0) is 12.8 Å². The van der Waals surface area contributed by atoms with E-state index < -0.39 is 10.8 Å². The van der Waals surface area contributed by atoms with Crippen LogP contribution in [-0.4, -0.2) is 49.1 Å². The number of likely N-dealkylation sites (tertiary alicyclic amines) is 1. The van der Waals surface area contributed by atoms with Gasteiger partial charge in [0.05, 0.1) is 25.2 Å². The molecule has 22 heavy (non-hydrogen) atoms. The highest BCUT2D eigenvalue weighted by atomic mass is 16.6. The van der Waals surface area contributed by atoms with Crippen molar-refractivity contribution in [3.8, 4) is 11.5 Å². The number of methoxy groups -OCH3 is 2. The Hall–Kier alpha value is -2.35. The predicted molar refractivity (Wildman–Crippen MR) is 79.3 cm³/mol. The topological polar surface area (TPSA) is 108 Å². The number of hydrogen-bond donors (Lipinski definition) is 1. The van der Waals surface area contributed by atoms with Crippen LogP contribution in [0.4, 0.5) is 5.69 Å². The summed E-state index contributed by atoms with van der Waals surface area (Å²) in [6.45, 7) is 0.933. The molecule has 0 radical (unpaired) electrons. The third-order valence-electron chi connectivity index (χ3n) is 3.67. The van der Waals surface area contributed by atoms with Crippen LogP contribution in [0.3, 0.4) is 0 Å². The Morgan fingerprint density at radius 3 is 2.55 bits per heavy atom. The van der Waals surface area contributed by atoms with Gasteiger partial charge >= 0.3 is 0 Å². The number of benzene rings is 1. The molecule has 1 fully saturated rings. The van der Waals surface area contributed by atoms with Crippen molar-refractivity contribution >= 4 is 11.6 Å². The summed E-state index contributed by atoms with van der Waals surface area (Å²) in [4.78, 5) is 24.8. The molecule has 8 nitrogen and oxygen atoms in total. The predicted octanol–water partition coefficient (Wildman–Crippen LogP) is 1.18. The van der Waals surface area contributed by atoms with Gasteiger partial charge in [0.15, 0.2) is 11.5 Å². The first kappa shape index (κ1) is 16.0. The summed E-state index contributed by atoms with van der Waals surface area (Å²) in [5.41, 5.74) is 5.55. The van der Waals surface area contributed by atoms with Crippen LogP contribution in [0.1, 0.15) is 23.2 Å². The van der Waals surface area contributed by atoms with Gasteiger partial charge in [0, 0.05) is 25.2 Å². The lowest BCUT2D eigenvalue weighted by atomic mass is 10.0. The number of piperidine rings is 1. The molecular formula is C14H19N3O5. The van der Waals surface area contributed by atoms with Crippen LogP contribution in [0.25, 0.3) is 0 Å². The molecule has 1 heterocycles. The van der Waals surface area contributed by atoms with E-state index in [1.807, 2.05) is 0 Å². The minimum atomic E-state index is -0.598. The molecule has 1 aromatic carbocycles. The van der Waals surface area contributed by atoms with Gasteiger partial charge < -0.3 is 20.1 Å². The van der Waals surface area contributed by atoms with Gasteiger partial charge in [0.1, 0.15) is 5.56 Å². The number of nitro benzene ring substituents is 1. The molecule has 0 unspecified atom stereocenters. The van der Waals surface area contributed by atoms with E-state index in [9.17, 15) is 14.9 Å². The van der Waals surface area contributed by atoms with Crippen LogP contribution in [-0.2, 0) is 0 Å². The van der Waals surface area contributed by atoms with Crippen molar-refractivity contribution < 1.29 is 19.2 Å². The summed E-state index contributed by atoms with van der Waals surface area (Å²) < 4.78 is 10.2. The minimum Gasteiger partial charge on any atom is -0.493 e. The van der Waals surface area contributed by atoms with Crippen molar-refractivity contribution in [2.75, 3.05) is 27.3 Å². The van der Waals surface area contributed by atoms with E-state index in [0.717, 1.165) is 12.8 Å². The molecule has 8 heteroatoms. The van der Waals surface area contributed by atoms with E-state index in [1.165, 1.54) is 26.4 Å². The Morgan fingerprint density at radius 2 is 2.00 bits per heavy atom. The average Bonchev–Trinajstić information content (AvgIpc) is 2.52. The molecule has 0 bridgehead atoms. The van der Waals surface area contributed by atoms with Crippen LogP contribution in [0, 0.1) is 10.1 Å². The molecule has 120 valence electrons. The molecule has 2 N–H and O–H groups in total. The van der Waals surface area contributed by atoms with Crippen molar-refractivity contribution in [3.63, 3.8) is 0 Å². The van der Waals surface area contributed by atoms with Crippen LogP contribution in [0.2, 0.25) is 0 Å². The number of amides is 1. The van der Waals surface area contributed by atoms with Gasteiger partial charge in [-0.25, -0.2) is 0 Å². The number of ether oxygens (including phenoxy) is 2. The maximum atomic E-state index is 12.6. The molecular weight excluding hydrogens is 290 g/mol. The molecule has 1 aliphatic rings. The summed E-state index contributed by atoms with van der Waals surface area (Å²) in [6, 6.07) is 2.45. The van der Waals surface area contributed by atoms with Crippen molar-refractivity contribution in [1.82, 2.24) is 4.90 Å². The standard InChI is InChI=1S/C14H19N3O5/c1-21-12-6-10(11(17(19)20)7-13(12)22-2)14(18)16-5-3-4-9(15)8-16/h6-7,9H,3-5,8,15H2,1-2H3/t9-/m1/s1. The summed E-state index contributed by atoms with van der Waals surface area (Å²) in [5.74, 6) is 0.0710. The maximum Gasteiger partial charge on any atom is 0.286 e. The zero-order valence-electron chi connectivity index (χ0n) is 12.6. The van der Waals surface area contributed by atoms with Crippen molar-refractivity contribution in [1.29, 1.82) is 0 Å². The molecule has 1 saturated heterocycles. The highest BCUT2D eigenvalue weighted by Gasteiger charge is 2.30. The number of hydrogen-bond acceptors (Lipinski definition) is 6. The monoisotopic (exact) mass is 309 g/mol. The quantitative estimate of drug-likeness (QED) is 0.661. The van der Waals surface area contributed by atoms with Gasteiger partial charge in [-0.3, -0.25) is 14.9 Å². The fourth-order valence-electron chi connectivity index (χ4n) is 2.56. The fourth-order valence-corrected chi connectivity index (χ4v) is 2.56. The van der Waals surface area contributed by atoms with Gasteiger partial charge in [-0.1, -0.05) is 0 Å². The third kappa shape index (κ3) is 3.11. The Labute approximate surface area is 127 Å². The maximum absolute atomic E-state index is 12.6. The molecule has 2 rings (SSSR count). The van der Waals surface area contributed by atoms with E-state index in [0.29, 0.717) is 13.1 Å². The lowest BCUT2D eigenvalue weighted by Crippen LogP contribution is -2.45. The summed E-state index contributed by atoms with van der Waals surface area (Å²) in [5, 5.41) is 11.3. The second kappa shape index (κ2) is 6.61. The molecule has 0 aromatic heterocycles. The number of nitro groups is 1. The first-order chi connectivity index (χ1) is 10.5. The van der Waals surface area contributed by atoms with E-state index in [-0.39, 0.29) is 28.8 Å². The molecule has 1 atom stereocenters. The number of nitrogens with zero attached hydrogens (tertiary/aromatic N) is 2. The zero-order valence-corrected chi connectivity index (χ0v) is 12.6.